The van der Waals surface area contributed by atoms with Crippen molar-refractivity contribution in [2.45, 2.75) is 25.0 Å². The lowest BCUT2D eigenvalue weighted by Gasteiger charge is -2.31. The van der Waals surface area contributed by atoms with Crippen molar-refractivity contribution < 1.29 is 13.2 Å². The molecule has 2 heterocycles. The standard InChI is InChI=1S/C8H14N2O3S2/c9-8(14)5-15(11,12)10-3-6-1-2-7(4-10)13-6/h6-7H,1-5H2,(H2,9,14). The van der Waals surface area contributed by atoms with Crippen molar-refractivity contribution in [1.82, 2.24) is 4.31 Å². The molecule has 7 heteroatoms. The molecule has 0 aliphatic carbocycles. The molecular formula is C8H14N2O3S2. The first-order valence-electron chi connectivity index (χ1n) is 4.89. The van der Waals surface area contributed by atoms with Gasteiger partial charge in [-0.2, -0.15) is 4.31 Å². The molecule has 2 atom stereocenters. The summed E-state index contributed by atoms with van der Waals surface area (Å²) in [4.78, 5) is 0.0221. The molecule has 86 valence electrons. The highest BCUT2D eigenvalue weighted by atomic mass is 32.2. The van der Waals surface area contributed by atoms with E-state index in [2.05, 4.69) is 12.2 Å². The number of fused-ring (bicyclic) bond motifs is 2. The fraction of sp³-hybridized carbons (Fsp3) is 0.875. The van der Waals surface area contributed by atoms with Crippen molar-refractivity contribution in [3.8, 4) is 0 Å². The number of sulfonamides is 1. The Hall–Kier alpha value is -0.240. The Labute approximate surface area is 94.6 Å². The fourth-order valence-corrected chi connectivity index (χ4v) is 3.85. The van der Waals surface area contributed by atoms with Crippen molar-refractivity contribution in [2.75, 3.05) is 18.8 Å². The number of morpholine rings is 1. The molecule has 0 radical (unpaired) electrons. The molecule has 5 nitrogen and oxygen atoms in total. The summed E-state index contributed by atoms with van der Waals surface area (Å²) in [6.45, 7) is 0.892. The molecule has 0 aromatic heterocycles. The Bertz CT molecular complexity index is 356. The minimum Gasteiger partial charge on any atom is -0.392 e. The number of thiocarbonyl (C=S) groups is 1. The van der Waals surface area contributed by atoms with E-state index in [1.807, 2.05) is 0 Å². The zero-order chi connectivity index (χ0) is 11.1. The molecule has 2 saturated heterocycles. The summed E-state index contributed by atoms with van der Waals surface area (Å²) in [7, 11) is -3.32. The second-order valence-electron chi connectivity index (χ2n) is 4.00. The summed E-state index contributed by atoms with van der Waals surface area (Å²) >= 11 is 4.63. The Morgan fingerprint density at radius 2 is 1.93 bits per heavy atom. The fourth-order valence-electron chi connectivity index (χ4n) is 2.08. The molecule has 0 aromatic rings. The summed E-state index contributed by atoms with van der Waals surface area (Å²) in [5.74, 6) is -0.234. The van der Waals surface area contributed by atoms with Gasteiger partial charge < -0.3 is 10.5 Å². The second kappa shape index (κ2) is 3.97. The van der Waals surface area contributed by atoms with Crippen LogP contribution in [-0.2, 0) is 14.8 Å². The van der Waals surface area contributed by atoms with Gasteiger partial charge in [-0.15, -0.1) is 0 Å². The summed E-state index contributed by atoms with van der Waals surface area (Å²) in [5.41, 5.74) is 5.26. The maximum Gasteiger partial charge on any atom is 0.220 e. The van der Waals surface area contributed by atoms with Gasteiger partial charge in [0, 0.05) is 13.1 Å². The van der Waals surface area contributed by atoms with Gasteiger partial charge in [0.2, 0.25) is 10.0 Å². The molecule has 2 N–H and O–H groups in total. The number of rotatable bonds is 3. The van der Waals surface area contributed by atoms with Crippen molar-refractivity contribution in [3.05, 3.63) is 0 Å². The van der Waals surface area contributed by atoms with E-state index in [1.54, 1.807) is 0 Å². The molecule has 2 rings (SSSR count). The van der Waals surface area contributed by atoms with Crippen LogP contribution >= 0.6 is 12.2 Å². The third-order valence-corrected chi connectivity index (χ3v) is 4.82. The highest BCUT2D eigenvalue weighted by Crippen LogP contribution is 2.27. The average molecular weight is 250 g/mol. The Kier molecular flexibility index (Phi) is 2.98. The number of nitrogens with two attached hydrogens (primary N) is 1. The van der Waals surface area contributed by atoms with Gasteiger partial charge in [0.15, 0.2) is 0 Å². The first kappa shape index (κ1) is 11.3. The first-order valence-corrected chi connectivity index (χ1v) is 6.91. The van der Waals surface area contributed by atoms with Crippen molar-refractivity contribution >= 4 is 27.2 Å². The van der Waals surface area contributed by atoms with Crippen LogP contribution in [0, 0.1) is 0 Å². The van der Waals surface area contributed by atoms with Crippen molar-refractivity contribution in [3.63, 3.8) is 0 Å². The minimum atomic E-state index is -3.32. The van der Waals surface area contributed by atoms with Gasteiger partial charge in [-0.25, -0.2) is 8.42 Å². The molecule has 0 saturated carbocycles. The predicted octanol–water partition coefficient (Wildman–Crippen LogP) is -0.534. The Morgan fingerprint density at radius 1 is 1.40 bits per heavy atom. The monoisotopic (exact) mass is 250 g/mol. The van der Waals surface area contributed by atoms with Crippen LogP contribution in [0.2, 0.25) is 0 Å². The number of ether oxygens (including phenoxy) is 1. The second-order valence-corrected chi connectivity index (χ2v) is 6.49. The topological polar surface area (TPSA) is 72.6 Å². The quantitative estimate of drug-likeness (QED) is 0.681. The van der Waals surface area contributed by atoms with Gasteiger partial charge in [-0.1, -0.05) is 12.2 Å². The van der Waals surface area contributed by atoms with E-state index in [9.17, 15) is 8.42 Å². The predicted molar refractivity (Wildman–Crippen MR) is 60.0 cm³/mol. The average Bonchev–Trinajstić information content (AvgIpc) is 2.43. The third-order valence-electron chi connectivity index (χ3n) is 2.73. The number of hydrogen-bond acceptors (Lipinski definition) is 4. The molecule has 0 aromatic carbocycles. The maximum absolute atomic E-state index is 11.8. The molecular weight excluding hydrogens is 236 g/mol. The van der Waals surface area contributed by atoms with Gasteiger partial charge in [0.05, 0.1) is 17.2 Å². The van der Waals surface area contributed by atoms with Gasteiger partial charge >= 0.3 is 0 Å². The number of hydrogen-bond donors (Lipinski definition) is 1. The van der Waals surface area contributed by atoms with Crippen LogP contribution in [0.25, 0.3) is 0 Å². The highest BCUT2D eigenvalue weighted by Gasteiger charge is 2.38. The lowest BCUT2D eigenvalue weighted by atomic mass is 10.2. The first-order chi connectivity index (χ1) is 6.97. The van der Waals surface area contributed by atoms with Gasteiger partial charge in [-0.05, 0) is 12.8 Å². The van der Waals surface area contributed by atoms with Crippen molar-refractivity contribution in [2.24, 2.45) is 5.73 Å². The molecule has 2 bridgehead atoms. The van der Waals surface area contributed by atoms with Crippen LogP contribution in [-0.4, -0.2) is 48.8 Å². The zero-order valence-electron chi connectivity index (χ0n) is 8.26. The molecule has 2 aliphatic rings. The van der Waals surface area contributed by atoms with Crippen molar-refractivity contribution in [1.29, 1.82) is 0 Å². The van der Waals surface area contributed by atoms with Gasteiger partial charge in [0.1, 0.15) is 5.75 Å². The zero-order valence-corrected chi connectivity index (χ0v) is 9.89. The summed E-state index contributed by atoms with van der Waals surface area (Å²) < 4.78 is 30.6. The molecule has 2 unspecified atom stereocenters. The number of nitrogens with zero attached hydrogens (tertiary/aromatic N) is 1. The third kappa shape index (κ3) is 2.47. The Morgan fingerprint density at radius 3 is 2.40 bits per heavy atom. The molecule has 0 spiro atoms. The van der Waals surface area contributed by atoms with Gasteiger partial charge in [0.25, 0.3) is 0 Å². The normalized spacial score (nSPS) is 31.7. The largest absolute Gasteiger partial charge is 0.392 e. The van der Waals surface area contributed by atoms with Crippen LogP contribution in [0.4, 0.5) is 0 Å². The molecule has 0 amide bonds. The van der Waals surface area contributed by atoms with E-state index in [1.165, 1.54) is 4.31 Å². The van der Waals surface area contributed by atoms with E-state index >= 15 is 0 Å². The van der Waals surface area contributed by atoms with E-state index in [0.717, 1.165) is 12.8 Å². The maximum atomic E-state index is 11.8. The van der Waals surface area contributed by atoms with Gasteiger partial charge in [-0.3, -0.25) is 0 Å². The van der Waals surface area contributed by atoms with E-state index in [0.29, 0.717) is 13.1 Å². The molecule has 2 aliphatic heterocycles. The van der Waals surface area contributed by atoms with Crippen LogP contribution in [0.1, 0.15) is 12.8 Å². The van der Waals surface area contributed by atoms with Crippen LogP contribution in [0.3, 0.4) is 0 Å². The Balaban J connectivity index is 2.08. The van der Waals surface area contributed by atoms with E-state index < -0.39 is 10.0 Å². The lowest BCUT2D eigenvalue weighted by Crippen LogP contribution is -2.47. The summed E-state index contributed by atoms with van der Waals surface area (Å²) in [6.07, 6.45) is 2.02. The molecule has 15 heavy (non-hydrogen) atoms. The van der Waals surface area contributed by atoms with Crippen LogP contribution in [0.5, 0.6) is 0 Å². The SMILES string of the molecule is NC(=S)CS(=O)(=O)N1CC2CCC(C1)O2. The van der Waals surface area contributed by atoms with Crippen LogP contribution < -0.4 is 5.73 Å². The highest BCUT2D eigenvalue weighted by molar-refractivity contribution is 7.92. The minimum absolute atomic E-state index is 0.0221. The lowest BCUT2D eigenvalue weighted by molar-refractivity contribution is -0.0113. The summed E-state index contributed by atoms with van der Waals surface area (Å²) in [5, 5.41) is 0. The van der Waals surface area contributed by atoms with E-state index in [4.69, 9.17) is 10.5 Å². The van der Waals surface area contributed by atoms with Crippen LogP contribution in [0.15, 0.2) is 0 Å². The van der Waals surface area contributed by atoms with E-state index in [-0.39, 0.29) is 22.9 Å². The smallest absolute Gasteiger partial charge is 0.220 e. The summed E-state index contributed by atoms with van der Waals surface area (Å²) in [6, 6.07) is 0. The molecule has 2 fully saturated rings.